The number of hydrogen-bond donors (Lipinski definition) is 2. The lowest BCUT2D eigenvalue weighted by Crippen LogP contribution is -2.65. The fourth-order valence-corrected chi connectivity index (χ4v) is 3.60. The summed E-state index contributed by atoms with van der Waals surface area (Å²) in [6, 6.07) is 0. The second kappa shape index (κ2) is 6.33. The van der Waals surface area contributed by atoms with Gasteiger partial charge in [-0.25, -0.2) is 10.4 Å². The van der Waals surface area contributed by atoms with Crippen LogP contribution in [0, 0.1) is 5.92 Å². The molecule has 4 heteroatoms. The number of nitrogens with zero attached hydrogens (tertiary/aromatic N) is 2. The van der Waals surface area contributed by atoms with E-state index in [9.17, 15) is 0 Å². The van der Waals surface area contributed by atoms with Crippen LogP contribution in [0.1, 0.15) is 39.0 Å². The standard InChI is InChI=1S/C14H30N4/c1-3-13-6-4-5-7-14(13,12-15)16-18-10-8-17(2)9-11-18/h13,16H,3-12,15H2,1-2H3. The zero-order valence-electron chi connectivity index (χ0n) is 12.1. The summed E-state index contributed by atoms with van der Waals surface area (Å²) >= 11 is 0. The highest BCUT2D eigenvalue weighted by Gasteiger charge is 2.39. The second-order valence-electron chi connectivity index (χ2n) is 6.11. The van der Waals surface area contributed by atoms with Gasteiger partial charge in [0.2, 0.25) is 0 Å². The number of nitrogens with one attached hydrogen (secondary N) is 1. The van der Waals surface area contributed by atoms with Crippen LogP contribution in [-0.2, 0) is 0 Å². The van der Waals surface area contributed by atoms with E-state index in [1.165, 1.54) is 32.1 Å². The molecule has 106 valence electrons. The van der Waals surface area contributed by atoms with Crippen LogP contribution in [-0.4, -0.2) is 55.2 Å². The first kappa shape index (κ1) is 14.3. The third-order valence-electron chi connectivity index (χ3n) is 4.95. The first-order chi connectivity index (χ1) is 8.70. The quantitative estimate of drug-likeness (QED) is 0.787. The number of likely N-dealkylation sites (N-methyl/N-ethyl adjacent to an activating group) is 1. The Morgan fingerprint density at radius 2 is 1.94 bits per heavy atom. The third-order valence-corrected chi connectivity index (χ3v) is 4.95. The molecule has 2 fully saturated rings. The molecule has 2 atom stereocenters. The SMILES string of the molecule is CCC1CCCCC1(CN)NN1CCN(C)CC1. The van der Waals surface area contributed by atoms with E-state index in [1.807, 2.05) is 0 Å². The van der Waals surface area contributed by atoms with Gasteiger partial charge in [-0.3, -0.25) is 0 Å². The van der Waals surface area contributed by atoms with Crippen LogP contribution in [0.2, 0.25) is 0 Å². The van der Waals surface area contributed by atoms with E-state index in [0.29, 0.717) is 0 Å². The zero-order chi connectivity index (χ0) is 13.0. The minimum absolute atomic E-state index is 0.170. The van der Waals surface area contributed by atoms with Gasteiger partial charge in [0.1, 0.15) is 0 Å². The Labute approximate surface area is 112 Å². The maximum atomic E-state index is 6.15. The monoisotopic (exact) mass is 254 g/mol. The Kier molecular flexibility index (Phi) is 5.01. The molecular weight excluding hydrogens is 224 g/mol. The summed E-state index contributed by atoms with van der Waals surface area (Å²) in [6.45, 7) is 7.64. The van der Waals surface area contributed by atoms with Gasteiger partial charge in [-0.15, -0.1) is 0 Å². The van der Waals surface area contributed by atoms with Crippen molar-refractivity contribution in [2.24, 2.45) is 11.7 Å². The van der Waals surface area contributed by atoms with Crippen molar-refractivity contribution in [1.82, 2.24) is 15.3 Å². The highest BCUT2D eigenvalue weighted by atomic mass is 15.5. The lowest BCUT2D eigenvalue weighted by Gasteiger charge is -2.48. The number of rotatable bonds is 4. The fourth-order valence-electron chi connectivity index (χ4n) is 3.60. The predicted molar refractivity (Wildman–Crippen MR) is 76.2 cm³/mol. The molecule has 0 radical (unpaired) electrons. The summed E-state index contributed by atoms with van der Waals surface area (Å²) in [5.74, 6) is 0.746. The van der Waals surface area contributed by atoms with Gasteiger partial charge in [-0.1, -0.05) is 26.2 Å². The van der Waals surface area contributed by atoms with Crippen LogP contribution in [0.15, 0.2) is 0 Å². The van der Waals surface area contributed by atoms with Crippen molar-refractivity contribution in [3.63, 3.8) is 0 Å². The van der Waals surface area contributed by atoms with Crippen molar-refractivity contribution in [2.45, 2.75) is 44.6 Å². The number of piperazine rings is 1. The molecule has 2 aliphatic rings. The van der Waals surface area contributed by atoms with Gasteiger partial charge in [-0.2, -0.15) is 0 Å². The Morgan fingerprint density at radius 1 is 1.22 bits per heavy atom. The zero-order valence-corrected chi connectivity index (χ0v) is 12.1. The maximum absolute atomic E-state index is 6.15. The third kappa shape index (κ3) is 3.05. The number of hydrogen-bond acceptors (Lipinski definition) is 4. The van der Waals surface area contributed by atoms with Crippen LogP contribution < -0.4 is 11.2 Å². The Bertz CT molecular complexity index is 250. The molecule has 0 bridgehead atoms. The number of hydrazine groups is 1. The Morgan fingerprint density at radius 3 is 2.56 bits per heavy atom. The van der Waals surface area contributed by atoms with E-state index in [1.54, 1.807) is 0 Å². The highest BCUT2D eigenvalue weighted by Crippen LogP contribution is 2.35. The highest BCUT2D eigenvalue weighted by molar-refractivity contribution is 4.97. The molecule has 1 heterocycles. The predicted octanol–water partition coefficient (Wildman–Crippen LogP) is 1.04. The van der Waals surface area contributed by atoms with Crippen LogP contribution >= 0.6 is 0 Å². The summed E-state index contributed by atoms with van der Waals surface area (Å²) in [4.78, 5) is 2.39. The summed E-state index contributed by atoms with van der Waals surface area (Å²) in [5, 5.41) is 2.42. The smallest absolute Gasteiger partial charge is 0.0476 e. The van der Waals surface area contributed by atoms with Gasteiger partial charge in [0.15, 0.2) is 0 Å². The van der Waals surface area contributed by atoms with Crippen LogP contribution in [0.3, 0.4) is 0 Å². The van der Waals surface area contributed by atoms with Crippen molar-refractivity contribution in [2.75, 3.05) is 39.8 Å². The molecule has 2 unspecified atom stereocenters. The summed E-state index contributed by atoms with van der Waals surface area (Å²) < 4.78 is 0. The summed E-state index contributed by atoms with van der Waals surface area (Å²) in [7, 11) is 2.20. The Hall–Kier alpha value is -0.160. The van der Waals surface area contributed by atoms with Crippen molar-refractivity contribution < 1.29 is 0 Å². The van der Waals surface area contributed by atoms with E-state index in [-0.39, 0.29) is 5.54 Å². The molecule has 1 aliphatic carbocycles. The fraction of sp³-hybridized carbons (Fsp3) is 1.00. The molecule has 0 aromatic rings. The molecule has 1 aliphatic heterocycles. The van der Waals surface area contributed by atoms with Gasteiger partial charge in [0, 0.05) is 38.3 Å². The molecular formula is C14H30N4. The van der Waals surface area contributed by atoms with Crippen LogP contribution in [0.5, 0.6) is 0 Å². The van der Waals surface area contributed by atoms with E-state index in [2.05, 4.69) is 29.3 Å². The lowest BCUT2D eigenvalue weighted by atomic mass is 9.72. The van der Waals surface area contributed by atoms with Gasteiger partial charge >= 0.3 is 0 Å². The molecule has 0 spiro atoms. The van der Waals surface area contributed by atoms with Crippen LogP contribution in [0.4, 0.5) is 0 Å². The molecule has 3 N–H and O–H groups in total. The minimum atomic E-state index is 0.170. The normalized spacial score (nSPS) is 35.8. The molecule has 4 nitrogen and oxygen atoms in total. The molecule has 1 saturated heterocycles. The lowest BCUT2D eigenvalue weighted by molar-refractivity contribution is 0.0103. The first-order valence-corrected chi connectivity index (χ1v) is 7.61. The largest absolute Gasteiger partial charge is 0.329 e. The van der Waals surface area contributed by atoms with Gasteiger partial charge in [0.25, 0.3) is 0 Å². The first-order valence-electron chi connectivity index (χ1n) is 7.61. The van der Waals surface area contributed by atoms with E-state index < -0.39 is 0 Å². The molecule has 0 aromatic carbocycles. The van der Waals surface area contributed by atoms with E-state index >= 15 is 0 Å². The average Bonchev–Trinajstić information content (AvgIpc) is 2.42. The summed E-state index contributed by atoms with van der Waals surface area (Å²) in [6.07, 6.45) is 6.54. The second-order valence-corrected chi connectivity index (χ2v) is 6.11. The molecule has 18 heavy (non-hydrogen) atoms. The van der Waals surface area contributed by atoms with Gasteiger partial charge in [-0.05, 0) is 25.8 Å². The van der Waals surface area contributed by atoms with Crippen molar-refractivity contribution >= 4 is 0 Å². The van der Waals surface area contributed by atoms with Crippen molar-refractivity contribution in [3.05, 3.63) is 0 Å². The molecule has 0 aromatic heterocycles. The number of nitrogens with two attached hydrogens (primary N) is 1. The van der Waals surface area contributed by atoms with Gasteiger partial charge < -0.3 is 10.6 Å². The minimum Gasteiger partial charge on any atom is -0.329 e. The average molecular weight is 254 g/mol. The molecule has 2 rings (SSSR count). The van der Waals surface area contributed by atoms with Crippen molar-refractivity contribution in [1.29, 1.82) is 0 Å². The Balaban J connectivity index is 1.97. The molecule has 0 amide bonds. The van der Waals surface area contributed by atoms with Crippen LogP contribution in [0.25, 0.3) is 0 Å². The topological polar surface area (TPSA) is 44.5 Å². The molecule has 1 saturated carbocycles. The van der Waals surface area contributed by atoms with Gasteiger partial charge in [0.05, 0.1) is 0 Å². The van der Waals surface area contributed by atoms with E-state index in [0.717, 1.165) is 38.6 Å². The van der Waals surface area contributed by atoms with Crippen molar-refractivity contribution in [3.8, 4) is 0 Å². The summed E-state index contributed by atoms with van der Waals surface area (Å²) in [5.41, 5.74) is 10.1. The maximum Gasteiger partial charge on any atom is 0.0476 e. The van der Waals surface area contributed by atoms with E-state index in [4.69, 9.17) is 5.73 Å².